The summed E-state index contributed by atoms with van der Waals surface area (Å²) in [5.41, 5.74) is -2.83. The number of carbonyl (C=O) groups excluding carboxylic acids is 1. The zero-order valence-corrected chi connectivity index (χ0v) is 22.9. The van der Waals surface area contributed by atoms with Crippen LogP contribution >= 0.6 is 11.8 Å². The lowest BCUT2D eigenvalue weighted by Crippen LogP contribution is -2.59. The molecule has 226 valence electrons. The van der Waals surface area contributed by atoms with Gasteiger partial charge in [-0.1, -0.05) is 5.21 Å². The van der Waals surface area contributed by atoms with Crippen molar-refractivity contribution in [3.63, 3.8) is 0 Å². The van der Waals surface area contributed by atoms with Gasteiger partial charge in [-0.15, -0.1) is 16.9 Å². The third-order valence-corrected chi connectivity index (χ3v) is 9.52. The fourth-order valence-electron chi connectivity index (χ4n) is 5.57. The van der Waals surface area contributed by atoms with Crippen molar-refractivity contribution in [1.29, 1.82) is 0 Å². The number of rotatable bonds is 7. The van der Waals surface area contributed by atoms with Crippen molar-refractivity contribution in [2.75, 3.05) is 32.9 Å². The van der Waals surface area contributed by atoms with Gasteiger partial charge in [-0.2, -0.15) is 0 Å². The second-order valence-corrected chi connectivity index (χ2v) is 11.9. The number of piperidine rings is 1. The monoisotopic (exact) mass is 602 g/mol. The Balaban J connectivity index is 1.43. The molecule has 3 fully saturated rings. The molecule has 6 atom stereocenters. The highest BCUT2D eigenvalue weighted by Gasteiger charge is 2.52. The lowest BCUT2D eigenvalue weighted by Gasteiger charge is -2.46. The fourth-order valence-corrected chi connectivity index (χ4v) is 7.12. The van der Waals surface area contributed by atoms with Crippen molar-refractivity contribution in [3.8, 4) is 11.3 Å². The minimum Gasteiger partial charge on any atom is -0.394 e. The zero-order chi connectivity index (χ0) is 29.3. The topological polar surface area (TPSA) is 150 Å². The molecule has 1 unspecified atom stereocenters. The van der Waals surface area contributed by atoms with Gasteiger partial charge in [-0.3, -0.25) is 4.79 Å². The molecule has 3 aliphatic heterocycles. The summed E-state index contributed by atoms with van der Waals surface area (Å²) in [6.45, 7) is 0.955. The molecule has 0 aliphatic carbocycles. The van der Waals surface area contributed by atoms with Crippen LogP contribution in [0, 0.1) is 17.5 Å². The number of aromatic nitrogens is 3. The van der Waals surface area contributed by atoms with E-state index < -0.39 is 64.7 Å². The molecular formula is C26H33F3N4O7S. The number of likely N-dealkylation sites (tertiary alicyclic amines) is 1. The largest absolute Gasteiger partial charge is 0.394 e. The van der Waals surface area contributed by atoms with Gasteiger partial charge in [0.2, 0.25) is 5.91 Å². The van der Waals surface area contributed by atoms with Crippen LogP contribution in [0.25, 0.3) is 11.3 Å². The smallest absolute Gasteiger partial charge is 0.238 e. The highest BCUT2D eigenvalue weighted by molar-refractivity contribution is 8.01. The van der Waals surface area contributed by atoms with E-state index in [0.717, 1.165) is 47.8 Å². The third kappa shape index (κ3) is 6.12. The minimum atomic E-state index is -1.64. The highest BCUT2D eigenvalue weighted by Crippen LogP contribution is 2.42. The van der Waals surface area contributed by atoms with E-state index in [2.05, 4.69) is 10.3 Å². The van der Waals surface area contributed by atoms with Crippen LogP contribution in [0.2, 0.25) is 0 Å². The number of carbonyl (C=O) groups is 1. The molecule has 11 nitrogen and oxygen atoms in total. The number of hydrogen-bond acceptors (Lipinski definition) is 10. The minimum absolute atomic E-state index is 0.0619. The Labute approximate surface area is 238 Å². The maximum absolute atomic E-state index is 13.8. The molecule has 15 heteroatoms. The van der Waals surface area contributed by atoms with Crippen LogP contribution in [-0.2, 0) is 14.3 Å². The number of ether oxygens (including phenoxy) is 2. The van der Waals surface area contributed by atoms with E-state index in [0.29, 0.717) is 13.1 Å². The Morgan fingerprint density at radius 1 is 1.10 bits per heavy atom. The Bertz CT molecular complexity index is 1200. The van der Waals surface area contributed by atoms with E-state index in [1.807, 2.05) is 0 Å². The van der Waals surface area contributed by atoms with E-state index in [4.69, 9.17) is 9.47 Å². The average Bonchev–Trinajstić information content (AvgIpc) is 3.45. The van der Waals surface area contributed by atoms with Crippen LogP contribution in [0.4, 0.5) is 13.2 Å². The number of nitrogens with zero attached hydrogens (tertiary/aromatic N) is 4. The number of aliphatic hydroxyl groups excluding tert-OH is 3. The van der Waals surface area contributed by atoms with E-state index in [-0.39, 0.29) is 43.2 Å². The first-order chi connectivity index (χ1) is 19.6. The quantitative estimate of drug-likeness (QED) is 0.338. The number of thioether (sulfide) groups is 1. The number of amides is 1. The van der Waals surface area contributed by atoms with Gasteiger partial charge in [-0.05, 0) is 31.4 Å². The van der Waals surface area contributed by atoms with Crippen molar-refractivity contribution >= 4 is 17.7 Å². The first kappa shape index (κ1) is 30.2. The molecule has 2 aromatic rings. The van der Waals surface area contributed by atoms with Crippen molar-refractivity contribution in [3.05, 3.63) is 35.8 Å². The summed E-state index contributed by atoms with van der Waals surface area (Å²) >= 11 is 0.916. The van der Waals surface area contributed by atoms with Gasteiger partial charge in [0.25, 0.3) is 0 Å². The van der Waals surface area contributed by atoms with Gasteiger partial charge in [0, 0.05) is 44.7 Å². The van der Waals surface area contributed by atoms with Gasteiger partial charge < -0.3 is 34.8 Å². The van der Waals surface area contributed by atoms with Crippen molar-refractivity contribution in [2.45, 2.75) is 72.7 Å². The first-order valence-electron chi connectivity index (χ1n) is 13.6. The van der Waals surface area contributed by atoms with E-state index in [9.17, 15) is 38.4 Å². The van der Waals surface area contributed by atoms with Gasteiger partial charge in [0.1, 0.15) is 40.7 Å². The molecule has 4 heterocycles. The number of hydrogen-bond donors (Lipinski definition) is 4. The van der Waals surface area contributed by atoms with E-state index in [1.54, 1.807) is 4.90 Å². The Morgan fingerprint density at radius 3 is 2.39 bits per heavy atom. The molecule has 0 radical (unpaired) electrons. The third-order valence-electron chi connectivity index (χ3n) is 7.95. The van der Waals surface area contributed by atoms with Crippen molar-refractivity contribution in [1.82, 2.24) is 19.9 Å². The predicted octanol–water partition coefficient (Wildman–Crippen LogP) is 0.998. The maximum Gasteiger partial charge on any atom is 0.238 e. The standard InChI is InChI=1S/C26H33F3N4O7S/c27-15-10-14(11-16(28)19(15)29)17-12-33(31-30-17)20-21(35)18(13-34)40-25(22(20)36)41-23(26(38)4-8-39-9-5-26)24(37)32-6-2-1-3-7-32/h10-12,18,20-23,25,34-36,38H,1-9,13H2/t18-,20+,21+,22-,23?,25+/m1/s1. The zero-order valence-electron chi connectivity index (χ0n) is 22.1. The lowest BCUT2D eigenvalue weighted by atomic mass is 9.89. The van der Waals surface area contributed by atoms with Crippen LogP contribution in [0.1, 0.15) is 38.1 Å². The van der Waals surface area contributed by atoms with Crippen LogP contribution in [0.15, 0.2) is 18.3 Å². The highest BCUT2D eigenvalue weighted by atomic mass is 32.2. The van der Waals surface area contributed by atoms with E-state index in [1.165, 1.54) is 6.20 Å². The Kier molecular flexibility index (Phi) is 9.23. The van der Waals surface area contributed by atoms with Crippen LogP contribution in [-0.4, -0.2) is 114 Å². The molecule has 0 saturated carbocycles. The molecule has 0 bridgehead atoms. The van der Waals surface area contributed by atoms with Crippen LogP contribution in [0.5, 0.6) is 0 Å². The summed E-state index contributed by atoms with van der Waals surface area (Å²) in [5.74, 6) is -4.77. The summed E-state index contributed by atoms with van der Waals surface area (Å²) in [7, 11) is 0. The second kappa shape index (κ2) is 12.5. The maximum atomic E-state index is 13.8. The number of halogens is 3. The summed E-state index contributed by atoms with van der Waals surface area (Å²) in [4.78, 5) is 15.4. The molecule has 3 saturated heterocycles. The van der Waals surface area contributed by atoms with Gasteiger partial charge >= 0.3 is 0 Å². The summed E-state index contributed by atoms with van der Waals surface area (Å²) in [5, 5.41) is 50.7. The van der Waals surface area contributed by atoms with Crippen molar-refractivity contribution in [2.24, 2.45) is 0 Å². The summed E-state index contributed by atoms with van der Waals surface area (Å²) < 4.78 is 53.4. The van der Waals surface area contributed by atoms with E-state index >= 15 is 0 Å². The first-order valence-corrected chi connectivity index (χ1v) is 14.5. The second-order valence-electron chi connectivity index (χ2n) is 10.7. The molecule has 5 rings (SSSR count). The molecule has 1 aromatic carbocycles. The molecule has 3 aliphatic rings. The molecule has 4 N–H and O–H groups in total. The van der Waals surface area contributed by atoms with Gasteiger partial charge in [-0.25, -0.2) is 17.9 Å². The van der Waals surface area contributed by atoms with Crippen molar-refractivity contribution < 1.29 is 47.9 Å². The normalized spacial score (nSPS) is 29.3. The van der Waals surface area contributed by atoms with Crippen LogP contribution < -0.4 is 0 Å². The SMILES string of the molecule is O=C(C(S[C@@H]1O[C@H](CO)[C@H](O)[C@H](n2cc(-c3cc(F)c(F)c(F)c3)nn2)[C@H]1O)C1(O)CCOCC1)N1CCCCC1. The summed E-state index contributed by atoms with van der Waals surface area (Å²) in [6, 6.07) is 0.221. The fraction of sp³-hybridized carbons (Fsp3) is 0.654. The molecular weight excluding hydrogens is 569 g/mol. The van der Waals surface area contributed by atoms with Gasteiger partial charge in [0.15, 0.2) is 17.5 Å². The Morgan fingerprint density at radius 2 is 1.76 bits per heavy atom. The molecule has 1 amide bonds. The average molecular weight is 603 g/mol. The number of benzene rings is 1. The predicted molar refractivity (Wildman–Crippen MR) is 139 cm³/mol. The van der Waals surface area contributed by atoms with Crippen LogP contribution in [0.3, 0.4) is 0 Å². The summed E-state index contributed by atoms with van der Waals surface area (Å²) in [6.07, 6.45) is 0.0600. The Hall–Kier alpha value is -2.27. The molecule has 0 spiro atoms. The molecule has 1 aromatic heterocycles. The molecule has 41 heavy (non-hydrogen) atoms. The lowest BCUT2D eigenvalue weighted by molar-refractivity contribution is -0.179. The number of aliphatic hydroxyl groups is 4. The van der Waals surface area contributed by atoms with Gasteiger partial charge in [0.05, 0.1) is 18.4 Å².